The summed E-state index contributed by atoms with van der Waals surface area (Å²) >= 11 is 2.90. The fraction of sp³-hybridized carbons (Fsp3) is 0.250. The van der Waals surface area contributed by atoms with Crippen LogP contribution in [0.25, 0.3) is 0 Å². The zero-order valence-electron chi connectivity index (χ0n) is 23.8. The predicted octanol–water partition coefficient (Wildman–Crippen LogP) is 4.88. The highest BCUT2D eigenvalue weighted by Gasteiger charge is 2.34. The van der Waals surface area contributed by atoms with Gasteiger partial charge in [0, 0.05) is 38.9 Å². The number of nitrogen functional groups attached to an aromatic ring is 2. The van der Waals surface area contributed by atoms with E-state index < -0.39 is 15.5 Å². The first-order valence-corrected chi connectivity index (χ1v) is 13.7. The van der Waals surface area contributed by atoms with E-state index in [-0.39, 0.29) is 27.7 Å². The van der Waals surface area contributed by atoms with Crippen molar-refractivity contribution in [2.75, 3.05) is 48.9 Å². The van der Waals surface area contributed by atoms with Crippen molar-refractivity contribution in [3.63, 3.8) is 0 Å². The fourth-order valence-electron chi connectivity index (χ4n) is 4.03. The molecule has 1 heterocycles. The maximum Gasteiger partial charge on any atom is 0.300 e. The van der Waals surface area contributed by atoms with Crippen LogP contribution in [0.2, 0.25) is 0 Å². The number of hydrogen-bond acceptors (Lipinski definition) is 11. The van der Waals surface area contributed by atoms with Crippen molar-refractivity contribution in [2.45, 2.75) is 19.8 Å². The average Bonchev–Trinajstić information content (AvgIpc) is 3.22. The lowest BCUT2D eigenvalue weighted by Gasteiger charge is -2.21. The van der Waals surface area contributed by atoms with E-state index in [1.165, 1.54) is 11.8 Å². The Morgan fingerprint density at radius 2 is 1.56 bits per heavy atom. The topological polar surface area (TPSA) is 208 Å². The van der Waals surface area contributed by atoms with Crippen molar-refractivity contribution in [3.8, 4) is 0 Å². The molecule has 14 nitrogen and oxygen atoms in total. The summed E-state index contributed by atoms with van der Waals surface area (Å²) in [5.41, 5.74) is 14.0. The van der Waals surface area contributed by atoms with Gasteiger partial charge in [-0.05, 0) is 66.0 Å². The molecule has 1 aliphatic heterocycles. The highest BCUT2D eigenvalue weighted by atomic mass is 79.9. The number of imide groups is 1. The first kappa shape index (κ1) is 34.2. The molecule has 2 amide bonds. The van der Waals surface area contributed by atoms with Gasteiger partial charge in [-0.15, -0.1) is 0 Å². The third kappa shape index (κ3) is 8.72. The van der Waals surface area contributed by atoms with Gasteiger partial charge in [-0.25, -0.2) is 0 Å². The highest BCUT2D eigenvalue weighted by molar-refractivity contribution is 9.10. The molecule has 0 saturated carbocycles. The number of halogens is 1. The second kappa shape index (κ2) is 15.8. The minimum atomic E-state index is -0.771. The number of nitro benzene ring substituents is 2. The van der Waals surface area contributed by atoms with E-state index in [0.29, 0.717) is 17.7 Å². The molecule has 4 rings (SSSR count). The first-order valence-electron chi connectivity index (χ1n) is 12.9. The molecule has 3 aromatic rings. The minimum Gasteiger partial charge on any atom is -0.397 e. The first-order chi connectivity index (χ1) is 20.4. The number of nitro groups is 2. The molecule has 0 saturated heterocycles. The molecule has 1 aliphatic rings. The monoisotopic (exact) mass is 657 g/mol. The normalized spacial score (nSPS) is 11.4. The van der Waals surface area contributed by atoms with E-state index in [4.69, 9.17) is 16.3 Å². The maximum atomic E-state index is 12.3. The van der Waals surface area contributed by atoms with Crippen molar-refractivity contribution < 1.29 is 24.2 Å². The zero-order valence-corrected chi connectivity index (χ0v) is 25.4. The Balaban J connectivity index is 0.000000320. The van der Waals surface area contributed by atoms with Crippen molar-refractivity contribution in [1.29, 1.82) is 0 Å². The number of carbonyl (C=O) groups is 3. The van der Waals surface area contributed by atoms with Crippen LogP contribution in [0.15, 0.2) is 59.1 Å². The summed E-state index contributed by atoms with van der Waals surface area (Å²) in [5.74, 6) is -0.368. The second-order valence-electron chi connectivity index (χ2n) is 9.07. The van der Waals surface area contributed by atoms with Gasteiger partial charge in [-0.1, -0.05) is 12.1 Å². The average molecular weight is 659 g/mol. The summed E-state index contributed by atoms with van der Waals surface area (Å²) in [6, 6.07) is 14.8. The number of nitrogens with one attached hydrogen (secondary N) is 1. The van der Waals surface area contributed by atoms with Gasteiger partial charge in [0.1, 0.15) is 12.0 Å². The molecule has 3 aromatic carbocycles. The minimum absolute atomic E-state index is 0.124. The summed E-state index contributed by atoms with van der Waals surface area (Å²) in [4.78, 5) is 56.3. The Morgan fingerprint density at radius 3 is 2.07 bits per heavy atom. The Labute approximate surface area is 256 Å². The van der Waals surface area contributed by atoms with Crippen LogP contribution >= 0.6 is 15.9 Å². The number of hydrogen-bond donors (Lipinski definition) is 3. The van der Waals surface area contributed by atoms with Crippen LogP contribution in [0.4, 0.5) is 34.1 Å². The lowest BCUT2D eigenvalue weighted by atomic mass is 10.1. The molecule has 228 valence electrons. The molecule has 0 radical (unpaired) electrons. The molecule has 43 heavy (non-hydrogen) atoms. The smallest absolute Gasteiger partial charge is 0.300 e. The van der Waals surface area contributed by atoms with E-state index in [2.05, 4.69) is 26.1 Å². The number of anilines is 4. The molecular formula is C28H32BrN7O7. The summed E-state index contributed by atoms with van der Waals surface area (Å²) in [6.45, 7) is 2.72. The molecule has 0 atom stereocenters. The fourth-order valence-corrected chi connectivity index (χ4v) is 4.47. The van der Waals surface area contributed by atoms with Crippen molar-refractivity contribution in [2.24, 2.45) is 0 Å². The summed E-state index contributed by atoms with van der Waals surface area (Å²) in [5, 5.41) is 23.9. The molecule has 5 N–H and O–H groups in total. The van der Waals surface area contributed by atoms with Crippen LogP contribution in [-0.4, -0.2) is 60.0 Å². The van der Waals surface area contributed by atoms with Crippen LogP contribution in [0, 0.1) is 20.2 Å². The van der Waals surface area contributed by atoms with E-state index in [0.717, 1.165) is 54.9 Å². The van der Waals surface area contributed by atoms with Gasteiger partial charge in [0.25, 0.3) is 23.2 Å². The zero-order chi connectivity index (χ0) is 32.3. The van der Waals surface area contributed by atoms with Crippen molar-refractivity contribution in [3.05, 3.63) is 90.4 Å². The quantitative estimate of drug-likeness (QED) is 0.0705. The van der Waals surface area contributed by atoms with Crippen LogP contribution in [0.1, 0.15) is 40.5 Å². The highest BCUT2D eigenvalue weighted by Crippen LogP contribution is 2.34. The number of benzene rings is 3. The van der Waals surface area contributed by atoms with E-state index >= 15 is 0 Å². The van der Waals surface area contributed by atoms with Gasteiger partial charge in [0.2, 0.25) is 0 Å². The summed E-state index contributed by atoms with van der Waals surface area (Å²) in [6.07, 6.45) is 2.40. The molecule has 0 bridgehead atoms. The van der Waals surface area contributed by atoms with Crippen LogP contribution < -0.4 is 21.7 Å². The van der Waals surface area contributed by atoms with Gasteiger partial charge in [0.15, 0.2) is 0 Å². The maximum absolute atomic E-state index is 12.3. The number of nitrogens with zero attached hydrogens (tertiary/aromatic N) is 4. The van der Waals surface area contributed by atoms with Crippen LogP contribution in [-0.2, 0) is 4.79 Å². The SMILES string of the molecule is CC=O.CNc1cc(N(C)CCCCN2C(=O)c3ccccc3C2=O)ccc1N.Nc1c(Br)cc([N+](=O)[O-])cc1[N+](=O)[O-]. The van der Waals surface area contributed by atoms with Crippen LogP contribution in [0.5, 0.6) is 0 Å². The third-order valence-electron chi connectivity index (χ3n) is 6.25. The Morgan fingerprint density at radius 1 is 0.977 bits per heavy atom. The van der Waals surface area contributed by atoms with E-state index in [9.17, 15) is 29.8 Å². The number of non-ortho nitro benzene ring substituents is 1. The number of nitrogens with two attached hydrogens (primary N) is 2. The lowest BCUT2D eigenvalue weighted by molar-refractivity contribution is -0.393. The molecule has 0 fully saturated rings. The number of rotatable bonds is 9. The second-order valence-corrected chi connectivity index (χ2v) is 9.92. The van der Waals surface area contributed by atoms with Gasteiger partial charge >= 0.3 is 0 Å². The Bertz CT molecular complexity index is 1480. The molecular weight excluding hydrogens is 626 g/mol. The Kier molecular flexibility index (Phi) is 12.6. The number of fused-ring (bicyclic) bond motifs is 1. The third-order valence-corrected chi connectivity index (χ3v) is 6.91. The summed E-state index contributed by atoms with van der Waals surface area (Å²) in [7, 11) is 3.87. The van der Waals surface area contributed by atoms with Gasteiger partial charge < -0.3 is 26.5 Å². The van der Waals surface area contributed by atoms with Crippen molar-refractivity contribution in [1.82, 2.24) is 4.90 Å². The molecule has 0 aromatic heterocycles. The number of aldehydes is 1. The van der Waals surface area contributed by atoms with Crippen LogP contribution in [0.3, 0.4) is 0 Å². The molecule has 0 unspecified atom stereocenters. The number of unbranched alkanes of at least 4 members (excludes halogenated alkanes) is 1. The predicted molar refractivity (Wildman–Crippen MR) is 168 cm³/mol. The largest absolute Gasteiger partial charge is 0.397 e. The molecule has 15 heteroatoms. The number of carbonyl (C=O) groups excluding carboxylic acids is 3. The molecule has 0 spiro atoms. The summed E-state index contributed by atoms with van der Waals surface area (Å²) < 4.78 is 0.137. The lowest BCUT2D eigenvalue weighted by Crippen LogP contribution is -2.31. The van der Waals surface area contributed by atoms with Crippen molar-refractivity contribution >= 4 is 68.2 Å². The number of amides is 2. The van der Waals surface area contributed by atoms with E-state index in [1.807, 2.05) is 32.3 Å². The standard InChI is InChI=1S/C20H24N4O2.C6H4BrN3O4.C2H4O/c1-22-18-13-14(9-10-17(18)21)23(2)11-5-6-12-24-19(25)15-7-3-4-8-16(15)20(24)26;7-4-1-3(9(11)12)2-5(6(4)8)10(13)14;1-2-3/h3-4,7-10,13,22H,5-6,11-12,21H2,1-2H3;1-2H,8H2;2H,1H3. The van der Waals surface area contributed by atoms with Gasteiger partial charge in [-0.2, -0.15) is 0 Å². The van der Waals surface area contributed by atoms with E-state index in [1.54, 1.807) is 24.3 Å². The van der Waals surface area contributed by atoms with Gasteiger partial charge in [-0.3, -0.25) is 34.7 Å². The molecule has 0 aliphatic carbocycles. The Hall–Kier alpha value is -5.05. The van der Waals surface area contributed by atoms with Gasteiger partial charge in [0.05, 0.1) is 42.9 Å².